The van der Waals surface area contributed by atoms with Gasteiger partial charge in [-0.25, -0.2) is 8.78 Å². The largest absolute Gasteiger partial charge is 0.598 e. The van der Waals surface area contributed by atoms with E-state index in [4.69, 9.17) is 0 Å². The normalized spacial score (nSPS) is 31.9. The van der Waals surface area contributed by atoms with Crippen molar-refractivity contribution in [3.05, 3.63) is 0 Å². The van der Waals surface area contributed by atoms with Crippen LogP contribution in [-0.2, 0) is 11.4 Å². The fourth-order valence-electron chi connectivity index (χ4n) is 3.67. The van der Waals surface area contributed by atoms with Gasteiger partial charge in [-0.15, -0.1) is 4.72 Å². The average Bonchev–Trinajstić information content (AvgIpc) is 2.37. The van der Waals surface area contributed by atoms with Crippen LogP contribution in [0.3, 0.4) is 0 Å². The molecule has 0 aromatic carbocycles. The van der Waals surface area contributed by atoms with E-state index in [-0.39, 0.29) is 18.1 Å². The summed E-state index contributed by atoms with van der Waals surface area (Å²) in [5.74, 6) is -2.53. The van der Waals surface area contributed by atoms with Crippen LogP contribution in [0.15, 0.2) is 0 Å². The highest BCUT2D eigenvalue weighted by Gasteiger charge is 2.43. The minimum Gasteiger partial charge on any atom is -0.598 e. The van der Waals surface area contributed by atoms with Gasteiger partial charge in [-0.3, -0.25) is 0 Å². The van der Waals surface area contributed by atoms with Gasteiger partial charge in [0.2, 0.25) is 5.92 Å². The summed E-state index contributed by atoms with van der Waals surface area (Å²) in [7, 11) is 0. The highest BCUT2D eigenvalue weighted by Crippen LogP contribution is 2.40. The summed E-state index contributed by atoms with van der Waals surface area (Å²) in [4.78, 5) is 0. The lowest BCUT2D eigenvalue weighted by molar-refractivity contribution is -0.0329. The molecule has 0 radical (unpaired) electrons. The van der Waals surface area contributed by atoms with Crippen LogP contribution < -0.4 is 10.0 Å². The Morgan fingerprint density at radius 2 is 1.60 bits per heavy atom. The Kier molecular flexibility index (Phi) is 4.28. The molecule has 3 aliphatic rings. The van der Waals surface area contributed by atoms with Crippen LogP contribution in [0.5, 0.6) is 0 Å². The van der Waals surface area contributed by atoms with Crippen LogP contribution in [0.2, 0.25) is 0 Å². The zero-order valence-electron chi connectivity index (χ0n) is 11.8. The van der Waals surface area contributed by atoms with E-state index in [1.54, 1.807) is 0 Å². The van der Waals surface area contributed by atoms with E-state index in [1.807, 2.05) is 0 Å². The lowest BCUT2D eigenvalue weighted by Crippen LogP contribution is -2.57. The molecule has 0 amide bonds. The molecule has 0 aromatic heterocycles. The number of hydrogen-bond donors (Lipinski definition) is 2. The first kappa shape index (κ1) is 15.0. The van der Waals surface area contributed by atoms with E-state index < -0.39 is 17.3 Å². The number of nitrogens with one attached hydrogen (secondary N) is 2. The molecule has 1 saturated heterocycles. The van der Waals surface area contributed by atoms with Crippen molar-refractivity contribution >= 4 is 11.4 Å². The van der Waals surface area contributed by atoms with Crippen LogP contribution in [-0.4, -0.2) is 34.9 Å². The molecule has 1 heterocycles. The maximum Gasteiger partial charge on any atom is 0.248 e. The Balaban J connectivity index is 1.42. The minimum atomic E-state index is -2.53. The van der Waals surface area contributed by atoms with E-state index >= 15 is 0 Å². The maximum atomic E-state index is 13.1. The minimum absolute atomic E-state index is 0.0871. The average molecular weight is 306 g/mol. The smallest absolute Gasteiger partial charge is 0.248 e. The van der Waals surface area contributed by atoms with Gasteiger partial charge in [-0.2, -0.15) is 0 Å². The molecule has 0 aromatic rings. The van der Waals surface area contributed by atoms with Gasteiger partial charge in [0.15, 0.2) is 0 Å². The second-order valence-corrected chi connectivity index (χ2v) is 8.35. The Morgan fingerprint density at radius 1 is 1.00 bits per heavy atom. The van der Waals surface area contributed by atoms with Crippen molar-refractivity contribution < 1.29 is 13.3 Å². The molecule has 20 heavy (non-hydrogen) atoms. The first-order valence-electron chi connectivity index (χ1n) is 7.73. The summed E-state index contributed by atoms with van der Waals surface area (Å²) in [6, 6.07) is 0.310. The fourth-order valence-corrected chi connectivity index (χ4v) is 5.09. The van der Waals surface area contributed by atoms with Crippen molar-refractivity contribution in [1.82, 2.24) is 10.0 Å². The molecule has 1 spiro atoms. The maximum absolute atomic E-state index is 13.1. The predicted octanol–water partition coefficient (Wildman–Crippen LogP) is 2.35. The van der Waals surface area contributed by atoms with E-state index in [0.717, 1.165) is 25.9 Å². The molecule has 2 N–H and O–H groups in total. The molecule has 3 nitrogen and oxygen atoms in total. The molecule has 6 heteroatoms. The van der Waals surface area contributed by atoms with E-state index in [0.29, 0.717) is 24.3 Å². The summed E-state index contributed by atoms with van der Waals surface area (Å²) in [5.41, 5.74) is 0.507. The number of halogens is 2. The number of hydrogen-bond acceptors (Lipinski definition) is 3. The summed E-state index contributed by atoms with van der Waals surface area (Å²) in [6.45, 7) is 2.25. The van der Waals surface area contributed by atoms with Crippen molar-refractivity contribution in [3.63, 3.8) is 0 Å². The topological polar surface area (TPSA) is 47.1 Å². The van der Waals surface area contributed by atoms with Gasteiger partial charge in [0.25, 0.3) is 0 Å². The molecular formula is C14H24F2N2OS. The quantitative estimate of drug-likeness (QED) is 0.787. The van der Waals surface area contributed by atoms with Crippen molar-refractivity contribution in [2.45, 2.75) is 68.6 Å². The molecule has 1 atom stereocenters. The van der Waals surface area contributed by atoms with Gasteiger partial charge in [-0.05, 0) is 31.1 Å². The summed E-state index contributed by atoms with van der Waals surface area (Å²) in [5, 5.41) is 3.25. The van der Waals surface area contributed by atoms with Crippen molar-refractivity contribution in [3.8, 4) is 0 Å². The molecule has 2 aliphatic carbocycles. The third kappa shape index (κ3) is 3.29. The predicted molar refractivity (Wildman–Crippen MR) is 76.0 cm³/mol. The van der Waals surface area contributed by atoms with Gasteiger partial charge in [0, 0.05) is 50.1 Å². The third-order valence-corrected chi connectivity index (χ3v) is 6.94. The highest BCUT2D eigenvalue weighted by atomic mass is 32.2. The van der Waals surface area contributed by atoms with Crippen molar-refractivity contribution in [2.75, 3.05) is 13.1 Å². The standard InChI is InChI=1S/C14H24F2N2OS/c15-14(16)7-3-12(4-8-14)20(19)18-11-1-5-13(6-2-11)9-17-10-13/h11-12,17-18H,1-10H2. The molecule has 116 valence electrons. The zero-order chi connectivity index (χ0) is 14.2. The van der Waals surface area contributed by atoms with Crippen LogP contribution in [0, 0.1) is 5.41 Å². The molecule has 1 unspecified atom stereocenters. The molecule has 1 aliphatic heterocycles. The third-order valence-electron chi connectivity index (χ3n) is 5.30. The summed E-state index contributed by atoms with van der Waals surface area (Å²) < 4.78 is 41.7. The van der Waals surface area contributed by atoms with Gasteiger partial charge >= 0.3 is 0 Å². The SMILES string of the molecule is [O-][S+](NC1CCC2(CC1)CNC2)C1CCC(F)(F)CC1. The molecule has 0 bridgehead atoms. The second kappa shape index (κ2) is 5.71. The van der Waals surface area contributed by atoms with Gasteiger partial charge in [0.1, 0.15) is 5.25 Å². The lowest BCUT2D eigenvalue weighted by Gasteiger charge is -2.47. The Hall–Kier alpha value is 0.0900. The monoisotopic (exact) mass is 306 g/mol. The zero-order valence-corrected chi connectivity index (χ0v) is 12.6. The molecular weight excluding hydrogens is 282 g/mol. The number of alkyl halides is 2. The van der Waals surface area contributed by atoms with Gasteiger partial charge < -0.3 is 9.87 Å². The van der Waals surface area contributed by atoms with Gasteiger partial charge in [-0.1, -0.05) is 0 Å². The molecule has 2 saturated carbocycles. The van der Waals surface area contributed by atoms with E-state index in [9.17, 15) is 13.3 Å². The first-order valence-corrected chi connectivity index (χ1v) is 8.95. The van der Waals surface area contributed by atoms with Crippen molar-refractivity contribution in [2.24, 2.45) is 5.41 Å². The second-order valence-electron chi connectivity index (χ2n) is 6.85. The Morgan fingerprint density at radius 3 is 2.10 bits per heavy atom. The molecule has 3 rings (SSSR count). The highest BCUT2D eigenvalue weighted by molar-refractivity contribution is 7.90. The number of rotatable bonds is 3. The molecule has 3 fully saturated rings. The van der Waals surface area contributed by atoms with Crippen LogP contribution in [0.4, 0.5) is 8.78 Å². The van der Waals surface area contributed by atoms with Crippen LogP contribution in [0.25, 0.3) is 0 Å². The summed E-state index contributed by atoms with van der Waals surface area (Å²) in [6.07, 6.45) is 5.07. The Labute approximate surface area is 122 Å². The van der Waals surface area contributed by atoms with E-state index in [1.165, 1.54) is 12.8 Å². The van der Waals surface area contributed by atoms with Crippen LogP contribution in [0.1, 0.15) is 51.4 Å². The first-order chi connectivity index (χ1) is 9.48. The van der Waals surface area contributed by atoms with E-state index in [2.05, 4.69) is 10.0 Å². The Bertz CT molecular complexity index is 332. The summed E-state index contributed by atoms with van der Waals surface area (Å²) >= 11 is -1.14. The lowest BCUT2D eigenvalue weighted by atomic mass is 9.69. The fraction of sp³-hybridized carbons (Fsp3) is 1.00. The van der Waals surface area contributed by atoms with Crippen LogP contribution >= 0.6 is 0 Å². The van der Waals surface area contributed by atoms with Crippen molar-refractivity contribution in [1.29, 1.82) is 0 Å². The van der Waals surface area contributed by atoms with Gasteiger partial charge in [0.05, 0.1) is 6.04 Å².